The predicted octanol–water partition coefficient (Wildman–Crippen LogP) is 2.53. The van der Waals surface area contributed by atoms with Gasteiger partial charge >= 0.3 is 0 Å². The van der Waals surface area contributed by atoms with Crippen molar-refractivity contribution in [3.8, 4) is 0 Å². The number of hydrogen-bond donors (Lipinski definition) is 2. The highest BCUT2D eigenvalue weighted by Gasteiger charge is 2.26. The van der Waals surface area contributed by atoms with Crippen LogP contribution in [0.4, 0.5) is 0 Å². The van der Waals surface area contributed by atoms with Crippen LogP contribution in [0.1, 0.15) is 25.7 Å². The van der Waals surface area contributed by atoms with Gasteiger partial charge in [0.2, 0.25) is 10.0 Å². The molecule has 2 unspecified atom stereocenters. The van der Waals surface area contributed by atoms with Crippen LogP contribution in [0.15, 0.2) is 33.6 Å². The lowest BCUT2D eigenvalue weighted by Gasteiger charge is -2.30. The van der Waals surface area contributed by atoms with Gasteiger partial charge in [-0.1, -0.05) is 25.0 Å². The maximum absolute atomic E-state index is 12.3. The first-order valence-electron chi connectivity index (χ1n) is 6.89. The second kappa shape index (κ2) is 7.02. The Morgan fingerprint density at radius 2 is 1.85 bits per heavy atom. The fraction of sp³-hybridized carbons (Fsp3) is 0.571. The SMILES string of the molecule is O=S(=O)(NCC1CCCCC1CO)c1ccccc1Br. The summed E-state index contributed by atoms with van der Waals surface area (Å²) < 4.78 is 27.8. The lowest BCUT2D eigenvalue weighted by Crippen LogP contribution is -2.35. The van der Waals surface area contributed by atoms with Crippen molar-refractivity contribution in [1.82, 2.24) is 4.72 Å². The quantitative estimate of drug-likeness (QED) is 0.846. The van der Waals surface area contributed by atoms with Crippen LogP contribution < -0.4 is 4.72 Å². The van der Waals surface area contributed by atoms with Crippen molar-refractivity contribution in [2.24, 2.45) is 11.8 Å². The van der Waals surface area contributed by atoms with E-state index in [0.29, 0.717) is 11.0 Å². The minimum absolute atomic E-state index is 0.140. The van der Waals surface area contributed by atoms with Crippen LogP contribution in [0.25, 0.3) is 0 Å². The van der Waals surface area contributed by atoms with Crippen molar-refractivity contribution in [3.63, 3.8) is 0 Å². The third kappa shape index (κ3) is 3.81. The van der Waals surface area contributed by atoms with Gasteiger partial charge in [0, 0.05) is 17.6 Å². The van der Waals surface area contributed by atoms with Crippen molar-refractivity contribution in [1.29, 1.82) is 0 Å². The summed E-state index contributed by atoms with van der Waals surface area (Å²) in [4.78, 5) is 0.261. The van der Waals surface area contributed by atoms with E-state index >= 15 is 0 Å². The summed E-state index contributed by atoms with van der Waals surface area (Å²) in [5.74, 6) is 0.441. The van der Waals surface area contributed by atoms with E-state index in [1.165, 1.54) is 0 Å². The van der Waals surface area contributed by atoms with Crippen LogP contribution >= 0.6 is 15.9 Å². The topological polar surface area (TPSA) is 66.4 Å². The molecule has 1 aliphatic rings. The normalized spacial score (nSPS) is 23.7. The number of hydrogen-bond acceptors (Lipinski definition) is 3. The van der Waals surface area contributed by atoms with Gasteiger partial charge in [0.25, 0.3) is 0 Å². The standard InChI is InChI=1S/C14H20BrNO3S/c15-13-7-3-4-8-14(13)20(18,19)16-9-11-5-1-2-6-12(11)10-17/h3-4,7-8,11-12,16-17H,1-2,5-6,9-10H2. The molecule has 4 nitrogen and oxygen atoms in total. The van der Waals surface area contributed by atoms with Crippen LogP contribution in [0.2, 0.25) is 0 Å². The maximum Gasteiger partial charge on any atom is 0.241 e. The number of sulfonamides is 1. The van der Waals surface area contributed by atoms with E-state index in [9.17, 15) is 13.5 Å². The molecule has 0 heterocycles. The molecule has 0 radical (unpaired) electrons. The Morgan fingerprint density at radius 3 is 2.50 bits per heavy atom. The minimum Gasteiger partial charge on any atom is -0.396 e. The van der Waals surface area contributed by atoms with Crippen molar-refractivity contribution in [2.45, 2.75) is 30.6 Å². The summed E-state index contributed by atoms with van der Waals surface area (Å²) in [5, 5.41) is 9.37. The molecule has 1 aromatic rings. The average molecular weight is 362 g/mol. The molecule has 1 aromatic carbocycles. The second-order valence-corrected chi connectivity index (χ2v) is 7.86. The molecule has 6 heteroatoms. The number of benzene rings is 1. The number of aliphatic hydroxyl groups excluding tert-OH is 1. The Labute approximate surface area is 128 Å². The Balaban J connectivity index is 2.04. The molecule has 1 fully saturated rings. The fourth-order valence-electron chi connectivity index (χ4n) is 2.75. The Kier molecular flexibility index (Phi) is 5.60. The van der Waals surface area contributed by atoms with Crippen LogP contribution in [0.5, 0.6) is 0 Å². The highest BCUT2D eigenvalue weighted by molar-refractivity contribution is 9.10. The molecule has 0 saturated heterocycles. The molecule has 1 aliphatic carbocycles. The molecule has 1 saturated carbocycles. The Hall–Kier alpha value is -0.430. The van der Waals surface area contributed by atoms with Crippen LogP contribution in [0.3, 0.4) is 0 Å². The summed E-state index contributed by atoms with van der Waals surface area (Å²) in [6.07, 6.45) is 4.19. The summed E-state index contributed by atoms with van der Waals surface area (Å²) in [7, 11) is -3.50. The summed E-state index contributed by atoms with van der Waals surface area (Å²) in [6, 6.07) is 6.78. The van der Waals surface area contributed by atoms with E-state index in [-0.39, 0.29) is 23.3 Å². The monoisotopic (exact) mass is 361 g/mol. The molecular formula is C14H20BrNO3S. The largest absolute Gasteiger partial charge is 0.396 e. The summed E-state index contributed by atoms with van der Waals surface area (Å²) >= 11 is 3.26. The molecule has 20 heavy (non-hydrogen) atoms. The first kappa shape index (κ1) is 15.9. The zero-order valence-electron chi connectivity index (χ0n) is 11.3. The van der Waals surface area contributed by atoms with Crippen molar-refractivity contribution >= 4 is 26.0 Å². The first-order chi connectivity index (χ1) is 9.54. The van der Waals surface area contributed by atoms with Gasteiger partial charge in [0.15, 0.2) is 0 Å². The zero-order valence-corrected chi connectivity index (χ0v) is 13.7. The minimum atomic E-state index is -3.50. The van der Waals surface area contributed by atoms with Gasteiger partial charge in [-0.3, -0.25) is 0 Å². The van der Waals surface area contributed by atoms with Crippen LogP contribution in [-0.4, -0.2) is 26.7 Å². The maximum atomic E-state index is 12.3. The fourth-order valence-corrected chi connectivity index (χ4v) is 4.85. The average Bonchev–Trinajstić information content (AvgIpc) is 2.46. The van der Waals surface area contributed by atoms with E-state index in [1.807, 2.05) is 0 Å². The van der Waals surface area contributed by atoms with E-state index < -0.39 is 10.0 Å². The summed E-state index contributed by atoms with van der Waals surface area (Å²) in [6.45, 7) is 0.538. The second-order valence-electron chi connectivity index (χ2n) is 5.27. The van der Waals surface area contributed by atoms with Crippen LogP contribution in [-0.2, 0) is 10.0 Å². The summed E-state index contributed by atoms with van der Waals surface area (Å²) in [5.41, 5.74) is 0. The van der Waals surface area contributed by atoms with Crippen molar-refractivity contribution < 1.29 is 13.5 Å². The predicted molar refractivity (Wildman–Crippen MR) is 81.9 cm³/mol. The number of nitrogens with one attached hydrogen (secondary N) is 1. The van der Waals surface area contributed by atoms with Gasteiger partial charge in [-0.05, 0) is 52.7 Å². The highest BCUT2D eigenvalue weighted by atomic mass is 79.9. The lowest BCUT2D eigenvalue weighted by molar-refractivity contribution is 0.136. The van der Waals surface area contributed by atoms with Gasteiger partial charge < -0.3 is 5.11 Å². The van der Waals surface area contributed by atoms with Gasteiger partial charge in [-0.2, -0.15) is 0 Å². The molecule has 2 rings (SSSR count). The Morgan fingerprint density at radius 1 is 1.20 bits per heavy atom. The van der Waals surface area contributed by atoms with Gasteiger partial charge in [0.1, 0.15) is 0 Å². The first-order valence-corrected chi connectivity index (χ1v) is 9.17. The smallest absolute Gasteiger partial charge is 0.241 e. The van der Waals surface area contributed by atoms with E-state index in [0.717, 1.165) is 25.7 Å². The molecule has 0 bridgehead atoms. The number of rotatable bonds is 5. The molecule has 0 aliphatic heterocycles. The van der Waals surface area contributed by atoms with Crippen molar-refractivity contribution in [3.05, 3.63) is 28.7 Å². The molecule has 112 valence electrons. The van der Waals surface area contributed by atoms with Gasteiger partial charge in [0.05, 0.1) is 4.90 Å². The molecular weight excluding hydrogens is 342 g/mol. The van der Waals surface area contributed by atoms with E-state index in [2.05, 4.69) is 20.7 Å². The van der Waals surface area contributed by atoms with Gasteiger partial charge in [-0.15, -0.1) is 0 Å². The third-order valence-electron chi connectivity index (χ3n) is 3.96. The molecule has 0 spiro atoms. The lowest BCUT2D eigenvalue weighted by atomic mass is 9.80. The van der Waals surface area contributed by atoms with Crippen LogP contribution in [0, 0.1) is 11.8 Å². The Bertz CT molecular complexity index is 547. The molecule has 0 amide bonds. The molecule has 0 aromatic heterocycles. The van der Waals surface area contributed by atoms with Crippen molar-refractivity contribution in [2.75, 3.05) is 13.2 Å². The molecule has 2 atom stereocenters. The van der Waals surface area contributed by atoms with E-state index in [1.54, 1.807) is 24.3 Å². The third-order valence-corrected chi connectivity index (χ3v) is 6.40. The number of aliphatic hydroxyl groups is 1. The molecule has 2 N–H and O–H groups in total. The number of halogens is 1. The van der Waals surface area contributed by atoms with E-state index in [4.69, 9.17) is 0 Å². The van der Waals surface area contributed by atoms with Gasteiger partial charge in [-0.25, -0.2) is 13.1 Å². The highest BCUT2D eigenvalue weighted by Crippen LogP contribution is 2.29. The zero-order chi connectivity index (χ0) is 14.6.